The maximum Gasteiger partial charge on any atom is 0.407 e. The first-order chi connectivity index (χ1) is 16.5. The molecule has 10 heteroatoms. The predicted octanol–water partition coefficient (Wildman–Crippen LogP) is 2.22. The number of piperidine rings is 2. The summed E-state index contributed by atoms with van der Waals surface area (Å²) in [5, 5.41) is 4.99. The van der Waals surface area contributed by atoms with Crippen LogP contribution in [-0.2, 0) is 14.3 Å². The fourth-order valence-electron chi connectivity index (χ4n) is 4.80. The van der Waals surface area contributed by atoms with Gasteiger partial charge in [0.1, 0.15) is 6.04 Å². The van der Waals surface area contributed by atoms with Gasteiger partial charge in [-0.05, 0) is 70.6 Å². The highest BCUT2D eigenvalue weighted by molar-refractivity contribution is 6.23. The number of ether oxygens (including phenoxy) is 1. The summed E-state index contributed by atoms with van der Waals surface area (Å²) in [6.45, 7) is 7.65. The van der Waals surface area contributed by atoms with E-state index in [1.807, 2.05) is 26.8 Å². The number of nitrogens with zero attached hydrogens (tertiary/aromatic N) is 2. The summed E-state index contributed by atoms with van der Waals surface area (Å²) in [7, 11) is 0. The van der Waals surface area contributed by atoms with Gasteiger partial charge in [-0.3, -0.25) is 29.4 Å². The number of hydrogen-bond donors (Lipinski definition) is 2. The standard InChI is InChI=1S/C25H32N4O6/c1-25(2,3)27-24(34)35-13-10-15-8-11-28(12-9-15)16-4-5-17-18(14-16)23(33)29(22(17)32)19-6-7-20(30)26-21(19)31/h4-5,14-15,19H,6-13H2,1-3H3,(H,27,34)(H,26,30,31). The van der Waals surface area contributed by atoms with Crippen molar-refractivity contribution in [1.29, 1.82) is 0 Å². The number of hydrogen-bond acceptors (Lipinski definition) is 7. The van der Waals surface area contributed by atoms with Gasteiger partial charge in [0.05, 0.1) is 17.7 Å². The molecule has 3 aliphatic rings. The Bertz CT molecular complexity index is 1050. The van der Waals surface area contributed by atoms with Crippen LogP contribution in [0.4, 0.5) is 10.5 Å². The van der Waals surface area contributed by atoms with Crippen LogP contribution in [0.3, 0.4) is 0 Å². The number of carbonyl (C=O) groups excluding carboxylic acids is 5. The zero-order chi connectivity index (χ0) is 25.3. The van der Waals surface area contributed by atoms with Gasteiger partial charge in [0, 0.05) is 30.7 Å². The Morgan fingerprint density at radius 2 is 1.74 bits per heavy atom. The predicted molar refractivity (Wildman–Crippen MR) is 127 cm³/mol. The number of alkyl carbamates (subject to hydrolysis) is 1. The summed E-state index contributed by atoms with van der Waals surface area (Å²) in [6.07, 6.45) is 2.48. The lowest BCUT2D eigenvalue weighted by Crippen LogP contribution is -2.54. The summed E-state index contributed by atoms with van der Waals surface area (Å²) in [5.74, 6) is -1.57. The van der Waals surface area contributed by atoms with E-state index in [0.717, 1.165) is 42.9 Å². The molecule has 0 aliphatic carbocycles. The Kier molecular flexibility index (Phi) is 6.82. The minimum absolute atomic E-state index is 0.0936. The maximum atomic E-state index is 13.1. The Morgan fingerprint density at radius 3 is 2.40 bits per heavy atom. The number of rotatable bonds is 5. The highest BCUT2D eigenvalue weighted by atomic mass is 16.5. The topological polar surface area (TPSA) is 125 Å². The van der Waals surface area contributed by atoms with Crippen LogP contribution < -0.4 is 15.5 Å². The average Bonchev–Trinajstić information content (AvgIpc) is 3.03. The van der Waals surface area contributed by atoms with Gasteiger partial charge in [0.15, 0.2) is 0 Å². The smallest absolute Gasteiger partial charge is 0.407 e. The van der Waals surface area contributed by atoms with Crippen molar-refractivity contribution >= 4 is 35.4 Å². The van der Waals surface area contributed by atoms with E-state index in [2.05, 4.69) is 15.5 Å². The van der Waals surface area contributed by atoms with Crippen LogP contribution in [0.15, 0.2) is 18.2 Å². The highest BCUT2D eigenvalue weighted by Gasteiger charge is 2.44. The van der Waals surface area contributed by atoms with E-state index in [-0.39, 0.29) is 29.5 Å². The van der Waals surface area contributed by atoms with Crippen LogP contribution in [0, 0.1) is 5.92 Å². The third-order valence-corrected chi connectivity index (χ3v) is 6.64. The maximum absolute atomic E-state index is 13.1. The molecule has 188 valence electrons. The quantitative estimate of drug-likeness (QED) is 0.614. The van der Waals surface area contributed by atoms with E-state index in [0.29, 0.717) is 12.5 Å². The second-order valence-corrected chi connectivity index (χ2v) is 10.4. The van der Waals surface area contributed by atoms with Crippen LogP contribution in [0.1, 0.15) is 73.6 Å². The molecule has 10 nitrogen and oxygen atoms in total. The van der Waals surface area contributed by atoms with Crippen molar-refractivity contribution in [3.05, 3.63) is 29.3 Å². The first kappa shape index (κ1) is 24.7. The number of fused-ring (bicyclic) bond motifs is 1. The minimum atomic E-state index is -0.966. The van der Waals surface area contributed by atoms with Crippen molar-refractivity contribution in [3.8, 4) is 0 Å². The van der Waals surface area contributed by atoms with Crippen molar-refractivity contribution < 1.29 is 28.7 Å². The molecule has 2 fully saturated rings. The largest absolute Gasteiger partial charge is 0.450 e. The van der Waals surface area contributed by atoms with Gasteiger partial charge >= 0.3 is 6.09 Å². The lowest BCUT2D eigenvalue weighted by molar-refractivity contribution is -0.136. The van der Waals surface area contributed by atoms with E-state index in [1.54, 1.807) is 12.1 Å². The minimum Gasteiger partial charge on any atom is -0.450 e. The van der Waals surface area contributed by atoms with E-state index >= 15 is 0 Å². The summed E-state index contributed by atoms with van der Waals surface area (Å²) in [4.78, 5) is 64.6. The second kappa shape index (κ2) is 9.67. The number of imide groups is 2. The van der Waals surface area contributed by atoms with E-state index in [9.17, 15) is 24.0 Å². The monoisotopic (exact) mass is 484 g/mol. The molecule has 0 aromatic heterocycles. The zero-order valence-corrected chi connectivity index (χ0v) is 20.4. The lowest BCUT2D eigenvalue weighted by atomic mass is 9.93. The van der Waals surface area contributed by atoms with Crippen molar-refractivity contribution in [2.45, 2.75) is 64.5 Å². The second-order valence-electron chi connectivity index (χ2n) is 10.4. The Balaban J connectivity index is 1.33. The van der Waals surface area contributed by atoms with Crippen molar-refractivity contribution in [2.24, 2.45) is 5.92 Å². The summed E-state index contributed by atoms with van der Waals surface area (Å²) in [5.41, 5.74) is 1.10. The number of amides is 5. The molecular formula is C25H32N4O6. The number of anilines is 1. The van der Waals surface area contributed by atoms with Crippen molar-refractivity contribution in [2.75, 3.05) is 24.6 Å². The average molecular weight is 485 g/mol. The highest BCUT2D eigenvalue weighted by Crippen LogP contribution is 2.32. The fraction of sp³-hybridized carbons (Fsp3) is 0.560. The molecule has 2 saturated heterocycles. The molecule has 0 saturated carbocycles. The molecule has 1 aromatic rings. The first-order valence-corrected chi connectivity index (χ1v) is 12.1. The molecule has 0 spiro atoms. The molecule has 4 rings (SSSR count). The Hall–Kier alpha value is -3.43. The first-order valence-electron chi connectivity index (χ1n) is 12.1. The molecule has 5 amide bonds. The number of nitrogens with one attached hydrogen (secondary N) is 2. The Labute approximate surface area is 204 Å². The molecule has 2 N–H and O–H groups in total. The van der Waals surface area contributed by atoms with Gasteiger partial charge in [-0.2, -0.15) is 0 Å². The molecule has 3 heterocycles. The van der Waals surface area contributed by atoms with Crippen LogP contribution in [0.5, 0.6) is 0 Å². The Morgan fingerprint density at radius 1 is 1.06 bits per heavy atom. The normalized spacial score (nSPS) is 21.2. The molecule has 3 aliphatic heterocycles. The summed E-state index contributed by atoms with van der Waals surface area (Å²) in [6, 6.07) is 4.23. The van der Waals surface area contributed by atoms with Gasteiger partial charge in [-0.25, -0.2) is 4.79 Å². The third kappa shape index (κ3) is 5.47. The summed E-state index contributed by atoms with van der Waals surface area (Å²) >= 11 is 0. The van der Waals surface area contributed by atoms with Crippen molar-refractivity contribution in [1.82, 2.24) is 15.5 Å². The SMILES string of the molecule is CC(C)(C)NC(=O)OCCC1CCN(c2ccc3c(c2)C(=O)N(C2CCC(=O)NC2=O)C3=O)CC1. The van der Waals surface area contributed by atoms with Crippen molar-refractivity contribution in [3.63, 3.8) is 0 Å². The molecule has 1 unspecified atom stereocenters. The van der Waals surface area contributed by atoms with Gasteiger partial charge in [0.25, 0.3) is 11.8 Å². The van der Waals surface area contributed by atoms with E-state index < -0.39 is 35.8 Å². The molecule has 0 radical (unpaired) electrons. The van der Waals surface area contributed by atoms with Crippen LogP contribution in [-0.4, -0.2) is 65.9 Å². The lowest BCUT2D eigenvalue weighted by Gasteiger charge is -2.33. The number of benzene rings is 1. The summed E-state index contributed by atoms with van der Waals surface area (Å²) < 4.78 is 5.29. The van der Waals surface area contributed by atoms with Gasteiger partial charge < -0.3 is 15.0 Å². The van der Waals surface area contributed by atoms with Crippen LogP contribution >= 0.6 is 0 Å². The zero-order valence-electron chi connectivity index (χ0n) is 20.4. The van der Waals surface area contributed by atoms with Gasteiger partial charge in [0.2, 0.25) is 11.8 Å². The molecular weight excluding hydrogens is 452 g/mol. The van der Waals surface area contributed by atoms with Crippen LogP contribution in [0.2, 0.25) is 0 Å². The molecule has 35 heavy (non-hydrogen) atoms. The van der Waals surface area contributed by atoms with Gasteiger partial charge in [-0.1, -0.05) is 0 Å². The number of carbonyl (C=O) groups is 5. The van der Waals surface area contributed by atoms with Gasteiger partial charge in [-0.15, -0.1) is 0 Å². The van der Waals surface area contributed by atoms with Crippen LogP contribution in [0.25, 0.3) is 0 Å². The molecule has 0 bridgehead atoms. The van der Waals surface area contributed by atoms with E-state index in [4.69, 9.17) is 4.74 Å². The third-order valence-electron chi connectivity index (χ3n) is 6.64. The molecule has 1 aromatic carbocycles. The van der Waals surface area contributed by atoms with E-state index in [1.165, 1.54) is 0 Å². The molecule has 1 atom stereocenters. The fourth-order valence-corrected chi connectivity index (χ4v) is 4.80.